The zero-order chi connectivity index (χ0) is 18.4. The van der Waals surface area contributed by atoms with Crippen molar-refractivity contribution in [1.29, 1.82) is 10.5 Å². The molecule has 0 bridgehead atoms. The first-order chi connectivity index (χ1) is 12.8. The van der Waals surface area contributed by atoms with E-state index in [1.165, 1.54) is 77.0 Å². The first-order valence-electron chi connectivity index (χ1n) is 10.8. The van der Waals surface area contributed by atoms with Gasteiger partial charge in [-0.2, -0.15) is 10.5 Å². The van der Waals surface area contributed by atoms with Crippen LogP contribution >= 0.6 is 0 Å². The molecule has 0 atom stereocenters. The summed E-state index contributed by atoms with van der Waals surface area (Å²) in [5, 5.41) is 19.7. The van der Waals surface area contributed by atoms with Gasteiger partial charge in [-0.05, 0) is 67.4 Å². The van der Waals surface area contributed by atoms with Crippen LogP contribution in [0.3, 0.4) is 0 Å². The van der Waals surface area contributed by atoms with Gasteiger partial charge in [-0.15, -0.1) is 0 Å². The van der Waals surface area contributed by atoms with Crippen LogP contribution in [0.5, 0.6) is 0 Å². The minimum Gasteiger partial charge on any atom is -0.192 e. The van der Waals surface area contributed by atoms with Gasteiger partial charge in [-0.3, -0.25) is 0 Å². The molecule has 138 valence electrons. The highest BCUT2D eigenvalue weighted by Crippen LogP contribution is 2.42. The van der Waals surface area contributed by atoms with Crippen molar-refractivity contribution in [1.82, 2.24) is 0 Å². The summed E-state index contributed by atoms with van der Waals surface area (Å²) < 4.78 is 0. The van der Waals surface area contributed by atoms with Crippen LogP contribution in [0.2, 0.25) is 0 Å². The van der Waals surface area contributed by atoms with E-state index in [0.717, 1.165) is 17.0 Å². The zero-order valence-corrected chi connectivity index (χ0v) is 16.3. The molecule has 2 fully saturated rings. The number of unbranched alkanes of at least 4 members (excludes halogenated alkanes) is 1. The molecule has 2 aliphatic rings. The highest BCUT2D eigenvalue weighted by Gasteiger charge is 2.27. The van der Waals surface area contributed by atoms with Gasteiger partial charge in [-0.1, -0.05) is 57.6 Å². The van der Waals surface area contributed by atoms with Crippen LogP contribution in [0.15, 0.2) is 12.1 Å². The molecule has 0 aromatic heterocycles. The summed E-state index contributed by atoms with van der Waals surface area (Å²) in [4.78, 5) is 0. The molecule has 0 unspecified atom stereocenters. The fourth-order valence-corrected chi connectivity index (χ4v) is 5.22. The summed E-state index contributed by atoms with van der Waals surface area (Å²) in [6.45, 7) is 2.27. The molecule has 0 saturated heterocycles. The lowest BCUT2D eigenvalue weighted by Crippen LogP contribution is -2.16. The largest absolute Gasteiger partial charge is 0.192 e. The fraction of sp³-hybridized carbons (Fsp3) is 0.667. The molecule has 0 spiro atoms. The topological polar surface area (TPSA) is 47.6 Å². The highest BCUT2D eigenvalue weighted by molar-refractivity contribution is 5.56. The van der Waals surface area contributed by atoms with E-state index in [9.17, 15) is 10.5 Å². The number of hydrogen-bond acceptors (Lipinski definition) is 2. The van der Waals surface area contributed by atoms with E-state index in [1.54, 1.807) is 0 Å². The third-order valence-electron chi connectivity index (χ3n) is 6.79. The maximum absolute atomic E-state index is 9.85. The van der Waals surface area contributed by atoms with Crippen molar-refractivity contribution >= 4 is 0 Å². The normalized spacial score (nSPS) is 24.0. The lowest BCUT2D eigenvalue weighted by molar-refractivity contribution is 0.304. The molecule has 0 radical (unpaired) electrons. The highest BCUT2D eigenvalue weighted by atomic mass is 14.4. The first-order valence-corrected chi connectivity index (χ1v) is 10.8. The molecule has 0 N–H and O–H groups in total. The van der Waals surface area contributed by atoms with Gasteiger partial charge in [0, 0.05) is 0 Å². The minimum absolute atomic E-state index is 0.468. The van der Waals surface area contributed by atoms with Gasteiger partial charge < -0.3 is 0 Å². The Kier molecular flexibility index (Phi) is 6.73. The molecule has 1 aromatic rings. The number of nitriles is 2. The van der Waals surface area contributed by atoms with Gasteiger partial charge in [0.1, 0.15) is 12.1 Å². The van der Waals surface area contributed by atoms with Crippen molar-refractivity contribution in [2.45, 2.75) is 95.8 Å². The maximum Gasteiger partial charge on any atom is 0.101 e. The summed E-state index contributed by atoms with van der Waals surface area (Å²) in [6, 6.07) is 9.20. The van der Waals surface area contributed by atoms with Crippen molar-refractivity contribution in [3.63, 3.8) is 0 Å². The summed E-state index contributed by atoms with van der Waals surface area (Å²) in [5.41, 5.74) is 3.67. The maximum atomic E-state index is 9.85. The van der Waals surface area contributed by atoms with Gasteiger partial charge in [0.05, 0.1) is 11.1 Å². The van der Waals surface area contributed by atoms with Gasteiger partial charge in [-0.25, -0.2) is 0 Å². The molecule has 1 aromatic carbocycles. The van der Waals surface area contributed by atoms with Crippen molar-refractivity contribution < 1.29 is 0 Å². The Morgan fingerprint density at radius 3 is 1.85 bits per heavy atom. The summed E-state index contributed by atoms with van der Waals surface area (Å²) in [7, 11) is 0. The van der Waals surface area contributed by atoms with E-state index < -0.39 is 0 Å². The minimum atomic E-state index is 0.468. The molecular weight excluding hydrogens is 316 g/mol. The molecule has 2 nitrogen and oxygen atoms in total. The Bertz CT molecular complexity index is 677. The molecule has 2 saturated carbocycles. The van der Waals surface area contributed by atoms with Crippen LogP contribution in [0, 0.1) is 28.6 Å². The van der Waals surface area contributed by atoms with Crippen molar-refractivity contribution in [3.05, 3.63) is 34.4 Å². The SMILES string of the molecule is CCCC[C@H]1CC[C@H](c2ccc(C3CCCCC3)c(C#N)c2C#N)CC1. The summed E-state index contributed by atoms with van der Waals surface area (Å²) in [5.74, 6) is 1.81. The third-order valence-corrected chi connectivity index (χ3v) is 6.79. The number of hydrogen-bond donors (Lipinski definition) is 0. The molecule has 2 heteroatoms. The standard InChI is InChI=1S/C24H32N2/c1-2-3-7-18-10-12-20(13-11-18)22-15-14-21(19-8-5-4-6-9-19)23(16-25)24(22)17-26/h14-15,18-20H,2-13H2,1H3/t18-,20-. The summed E-state index contributed by atoms with van der Waals surface area (Å²) >= 11 is 0. The van der Waals surface area contributed by atoms with E-state index in [1.807, 2.05) is 0 Å². The molecule has 3 rings (SSSR count). The average molecular weight is 349 g/mol. The van der Waals surface area contributed by atoms with E-state index in [0.29, 0.717) is 23.0 Å². The predicted molar refractivity (Wildman–Crippen MR) is 106 cm³/mol. The second-order valence-corrected chi connectivity index (χ2v) is 8.41. The van der Waals surface area contributed by atoms with Crippen molar-refractivity contribution in [2.24, 2.45) is 5.92 Å². The molecule has 0 amide bonds. The number of nitrogens with zero attached hydrogens (tertiary/aromatic N) is 2. The Labute approximate surface area is 159 Å². The Hall–Kier alpha value is -1.80. The predicted octanol–water partition coefficient (Wildman–Crippen LogP) is 6.94. The lowest BCUT2D eigenvalue weighted by atomic mass is 9.74. The Morgan fingerprint density at radius 2 is 1.35 bits per heavy atom. The van der Waals surface area contributed by atoms with Crippen LogP contribution in [0.4, 0.5) is 0 Å². The lowest BCUT2D eigenvalue weighted by Gasteiger charge is -2.30. The third kappa shape index (κ3) is 4.12. The quantitative estimate of drug-likeness (QED) is 0.578. The van der Waals surface area contributed by atoms with Crippen LogP contribution in [0.1, 0.15) is 118 Å². The van der Waals surface area contributed by atoms with Crippen LogP contribution in [-0.4, -0.2) is 0 Å². The Balaban J connectivity index is 1.80. The summed E-state index contributed by atoms with van der Waals surface area (Å²) in [6.07, 6.45) is 15.0. The van der Waals surface area contributed by atoms with E-state index in [-0.39, 0.29) is 0 Å². The average Bonchev–Trinajstić information content (AvgIpc) is 2.72. The molecule has 0 aliphatic heterocycles. The van der Waals surface area contributed by atoms with Gasteiger partial charge in [0.15, 0.2) is 0 Å². The molecule has 0 heterocycles. The molecule has 26 heavy (non-hydrogen) atoms. The van der Waals surface area contributed by atoms with E-state index in [4.69, 9.17) is 0 Å². The fourth-order valence-electron chi connectivity index (χ4n) is 5.22. The molecular formula is C24H32N2. The molecule has 2 aliphatic carbocycles. The second-order valence-electron chi connectivity index (χ2n) is 8.41. The van der Waals surface area contributed by atoms with Crippen molar-refractivity contribution in [3.8, 4) is 12.1 Å². The van der Waals surface area contributed by atoms with Gasteiger partial charge in [0.2, 0.25) is 0 Å². The van der Waals surface area contributed by atoms with E-state index >= 15 is 0 Å². The van der Waals surface area contributed by atoms with Crippen LogP contribution < -0.4 is 0 Å². The van der Waals surface area contributed by atoms with Crippen molar-refractivity contribution in [2.75, 3.05) is 0 Å². The van der Waals surface area contributed by atoms with Gasteiger partial charge >= 0.3 is 0 Å². The van der Waals surface area contributed by atoms with Crippen LogP contribution in [0.25, 0.3) is 0 Å². The number of rotatable bonds is 5. The monoisotopic (exact) mass is 348 g/mol. The smallest absolute Gasteiger partial charge is 0.101 e. The zero-order valence-electron chi connectivity index (χ0n) is 16.3. The number of benzene rings is 1. The first kappa shape index (κ1) is 19.0. The van der Waals surface area contributed by atoms with E-state index in [2.05, 4.69) is 31.2 Å². The second kappa shape index (κ2) is 9.23. The van der Waals surface area contributed by atoms with Crippen LogP contribution in [-0.2, 0) is 0 Å². The van der Waals surface area contributed by atoms with Gasteiger partial charge in [0.25, 0.3) is 0 Å². The Morgan fingerprint density at radius 1 is 0.808 bits per heavy atom.